The highest BCUT2D eigenvalue weighted by Gasteiger charge is 2.21. The predicted octanol–water partition coefficient (Wildman–Crippen LogP) is 2.91. The van der Waals surface area contributed by atoms with Crippen LogP contribution in [0.3, 0.4) is 0 Å². The molecule has 0 N–H and O–H groups in total. The quantitative estimate of drug-likeness (QED) is 0.674. The predicted molar refractivity (Wildman–Crippen MR) is 104 cm³/mol. The van der Waals surface area contributed by atoms with Gasteiger partial charge >= 0.3 is 0 Å². The van der Waals surface area contributed by atoms with Crippen molar-refractivity contribution in [3.8, 4) is 5.75 Å². The van der Waals surface area contributed by atoms with Crippen molar-refractivity contribution in [2.45, 2.75) is 39.9 Å². The number of rotatable bonds is 6. The number of ether oxygens (including phenoxy) is 1. The zero-order valence-corrected chi connectivity index (χ0v) is 16.1. The summed E-state index contributed by atoms with van der Waals surface area (Å²) in [6.45, 7) is 7.81. The van der Waals surface area contributed by atoms with Gasteiger partial charge in [-0.3, -0.25) is 9.58 Å². The van der Waals surface area contributed by atoms with Crippen LogP contribution in [0.4, 0.5) is 0 Å². The van der Waals surface area contributed by atoms with E-state index in [9.17, 15) is 0 Å². The van der Waals surface area contributed by atoms with Gasteiger partial charge in [0.05, 0.1) is 25.0 Å². The van der Waals surface area contributed by atoms with E-state index in [-0.39, 0.29) is 0 Å². The molecule has 140 valence electrons. The second-order valence-corrected chi connectivity index (χ2v) is 7.14. The van der Waals surface area contributed by atoms with Crippen LogP contribution in [0.5, 0.6) is 5.75 Å². The lowest BCUT2D eigenvalue weighted by molar-refractivity contribution is 0.264. The smallest absolute Gasteiger partial charge is 0.132 e. The van der Waals surface area contributed by atoms with Crippen LogP contribution in [0, 0.1) is 13.8 Å². The summed E-state index contributed by atoms with van der Waals surface area (Å²) in [6, 6.07) is 10.2. The van der Waals surface area contributed by atoms with E-state index in [0.717, 1.165) is 55.6 Å². The molecular weight excluding hydrogens is 338 g/mol. The van der Waals surface area contributed by atoms with E-state index in [1.54, 1.807) is 7.11 Å². The van der Waals surface area contributed by atoms with Gasteiger partial charge in [-0.05, 0) is 37.6 Å². The van der Waals surface area contributed by atoms with Gasteiger partial charge in [-0.15, -0.1) is 0 Å². The lowest BCUT2D eigenvalue weighted by Gasteiger charge is -2.14. The average molecular weight is 363 g/mol. The number of fused-ring (bicyclic) bond motifs is 1. The molecule has 0 unspecified atom stereocenters. The Morgan fingerprint density at radius 3 is 2.59 bits per heavy atom. The molecule has 0 bridgehead atoms. The molecule has 0 atom stereocenters. The number of aryl methyl sites for hydroxylation is 2. The van der Waals surface area contributed by atoms with E-state index in [4.69, 9.17) is 9.72 Å². The lowest BCUT2D eigenvalue weighted by Crippen LogP contribution is -2.22. The third kappa shape index (κ3) is 4.01. The zero-order chi connectivity index (χ0) is 18.8. The molecule has 6 nitrogen and oxygen atoms in total. The van der Waals surface area contributed by atoms with Crippen molar-refractivity contribution < 1.29 is 4.74 Å². The van der Waals surface area contributed by atoms with Gasteiger partial charge in [0.15, 0.2) is 0 Å². The van der Waals surface area contributed by atoms with Gasteiger partial charge in [-0.25, -0.2) is 9.97 Å². The van der Waals surface area contributed by atoms with Crippen molar-refractivity contribution in [3.63, 3.8) is 0 Å². The summed E-state index contributed by atoms with van der Waals surface area (Å²) in [4.78, 5) is 11.8. The van der Waals surface area contributed by atoms with E-state index >= 15 is 0 Å². The van der Waals surface area contributed by atoms with Crippen molar-refractivity contribution >= 4 is 0 Å². The Balaban J connectivity index is 1.38. The third-order valence-electron chi connectivity index (χ3n) is 5.02. The molecule has 0 saturated carbocycles. The molecule has 1 aliphatic heterocycles. The maximum Gasteiger partial charge on any atom is 0.132 e. The fourth-order valence-corrected chi connectivity index (χ4v) is 3.57. The molecule has 6 heteroatoms. The minimum atomic E-state index is 0.739. The normalized spacial score (nSPS) is 13.7. The van der Waals surface area contributed by atoms with Gasteiger partial charge < -0.3 is 4.74 Å². The molecule has 0 spiro atoms. The average Bonchev–Trinajstić information content (AvgIpc) is 3.22. The van der Waals surface area contributed by atoms with Crippen LogP contribution in [-0.4, -0.2) is 38.3 Å². The molecule has 3 heterocycles. The lowest BCUT2D eigenvalue weighted by atomic mass is 10.1. The fourth-order valence-electron chi connectivity index (χ4n) is 3.57. The number of nitrogens with zero attached hydrogens (tertiary/aromatic N) is 5. The van der Waals surface area contributed by atoms with Crippen LogP contribution in [0.15, 0.2) is 36.5 Å². The summed E-state index contributed by atoms with van der Waals surface area (Å²) in [7, 11) is 1.68. The van der Waals surface area contributed by atoms with Crippen molar-refractivity contribution in [2.24, 2.45) is 0 Å². The van der Waals surface area contributed by atoms with Crippen LogP contribution >= 0.6 is 0 Å². The standard InChI is InChI=1S/C21H25N5O/c1-15-10-16(2)26(24-15)9-8-25-13-18-12-22-21(23-20(18)14-25)11-17-4-6-19(27-3)7-5-17/h4-7,10,12H,8-9,11,13-14H2,1-3H3. The van der Waals surface area contributed by atoms with Crippen LogP contribution in [0.2, 0.25) is 0 Å². The number of benzene rings is 1. The van der Waals surface area contributed by atoms with Crippen LogP contribution in [0.1, 0.15) is 34.0 Å². The highest BCUT2D eigenvalue weighted by molar-refractivity contribution is 5.30. The summed E-state index contributed by atoms with van der Waals surface area (Å²) in [5.74, 6) is 1.74. The van der Waals surface area contributed by atoms with Gasteiger partial charge in [-0.1, -0.05) is 12.1 Å². The van der Waals surface area contributed by atoms with Crippen molar-refractivity contribution in [2.75, 3.05) is 13.7 Å². The Morgan fingerprint density at radius 2 is 1.89 bits per heavy atom. The number of hydrogen-bond acceptors (Lipinski definition) is 5. The summed E-state index contributed by atoms with van der Waals surface area (Å²) < 4.78 is 7.29. The highest BCUT2D eigenvalue weighted by atomic mass is 16.5. The van der Waals surface area contributed by atoms with Gasteiger partial charge in [0.25, 0.3) is 0 Å². The molecule has 2 aromatic heterocycles. The van der Waals surface area contributed by atoms with E-state index in [1.807, 2.05) is 25.3 Å². The SMILES string of the molecule is COc1ccc(Cc2ncc3c(n2)CN(CCn2nc(C)cc2C)C3)cc1. The van der Waals surface area contributed by atoms with Gasteiger partial charge in [-0.2, -0.15) is 5.10 Å². The summed E-state index contributed by atoms with van der Waals surface area (Å²) in [5.41, 5.74) is 5.87. The van der Waals surface area contributed by atoms with Gasteiger partial charge in [0.1, 0.15) is 11.6 Å². The van der Waals surface area contributed by atoms with Gasteiger partial charge in [0.2, 0.25) is 0 Å². The molecule has 0 aliphatic carbocycles. The Labute approximate surface area is 159 Å². The van der Waals surface area contributed by atoms with Gasteiger partial charge in [0, 0.05) is 43.5 Å². The molecule has 3 aromatic rings. The van der Waals surface area contributed by atoms with E-state index in [1.165, 1.54) is 16.8 Å². The minimum absolute atomic E-state index is 0.739. The number of aromatic nitrogens is 4. The minimum Gasteiger partial charge on any atom is -0.497 e. The Hall–Kier alpha value is -2.73. The molecule has 0 radical (unpaired) electrons. The summed E-state index contributed by atoms with van der Waals surface area (Å²) >= 11 is 0. The maximum atomic E-state index is 5.21. The van der Waals surface area contributed by atoms with Crippen LogP contribution in [0.25, 0.3) is 0 Å². The summed E-state index contributed by atoms with van der Waals surface area (Å²) in [6.07, 6.45) is 2.73. The number of methoxy groups -OCH3 is 1. The fraction of sp³-hybridized carbons (Fsp3) is 0.381. The first-order valence-corrected chi connectivity index (χ1v) is 9.31. The zero-order valence-electron chi connectivity index (χ0n) is 16.1. The molecule has 1 aliphatic rings. The largest absolute Gasteiger partial charge is 0.497 e. The first-order chi connectivity index (χ1) is 13.1. The highest BCUT2D eigenvalue weighted by Crippen LogP contribution is 2.21. The number of hydrogen-bond donors (Lipinski definition) is 0. The molecule has 0 fully saturated rings. The van der Waals surface area contributed by atoms with E-state index in [2.05, 4.69) is 44.8 Å². The van der Waals surface area contributed by atoms with Crippen molar-refractivity contribution in [1.29, 1.82) is 0 Å². The Bertz CT molecular complexity index is 932. The van der Waals surface area contributed by atoms with Crippen LogP contribution in [-0.2, 0) is 26.1 Å². The van der Waals surface area contributed by atoms with E-state index < -0.39 is 0 Å². The summed E-state index contributed by atoms with van der Waals surface area (Å²) in [5, 5.41) is 4.55. The Morgan fingerprint density at radius 1 is 1.07 bits per heavy atom. The van der Waals surface area contributed by atoms with Crippen LogP contribution < -0.4 is 4.74 Å². The maximum absolute atomic E-state index is 5.21. The monoisotopic (exact) mass is 363 g/mol. The Kier molecular flexibility index (Phi) is 4.90. The first-order valence-electron chi connectivity index (χ1n) is 9.31. The molecule has 0 amide bonds. The molecule has 27 heavy (non-hydrogen) atoms. The molecule has 0 saturated heterocycles. The first kappa shape index (κ1) is 17.7. The van der Waals surface area contributed by atoms with Crippen molar-refractivity contribution in [3.05, 3.63) is 70.6 Å². The third-order valence-corrected chi connectivity index (χ3v) is 5.02. The molecule has 1 aromatic carbocycles. The van der Waals surface area contributed by atoms with Crippen molar-refractivity contribution in [1.82, 2.24) is 24.6 Å². The topological polar surface area (TPSA) is 56.1 Å². The second kappa shape index (κ2) is 7.48. The van der Waals surface area contributed by atoms with E-state index in [0.29, 0.717) is 0 Å². The molecular formula is C21H25N5O. The second-order valence-electron chi connectivity index (χ2n) is 7.14. The molecule has 4 rings (SSSR count).